The number of rotatable bonds is 7. The Bertz CT molecular complexity index is 1340. The molecule has 1 aliphatic heterocycles. The number of nitrogens with zero attached hydrogens (tertiary/aromatic N) is 1. The van der Waals surface area contributed by atoms with Crippen molar-refractivity contribution in [1.82, 2.24) is 10.3 Å². The second kappa shape index (κ2) is 10.2. The molecule has 2 heterocycles. The summed E-state index contributed by atoms with van der Waals surface area (Å²) < 4.78 is 18.2. The van der Waals surface area contributed by atoms with Gasteiger partial charge in [-0.15, -0.1) is 0 Å². The van der Waals surface area contributed by atoms with Crippen LogP contribution in [0.5, 0.6) is 0 Å². The Kier molecular flexibility index (Phi) is 6.94. The predicted octanol–water partition coefficient (Wildman–Crippen LogP) is 5.45. The highest BCUT2D eigenvalue weighted by atomic mass is 16.7. The van der Waals surface area contributed by atoms with Gasteiger partial charge in [-0.05, 0) is 67.1 Å². The Morgan fingerprint density at radius 1 is 0.974 bits per heavy atom. The summed E-state index contributed by atoms with van der Waals surface area (Å²) in [6, 6.07) is 18.2. The number of hydrogen-bond donors (Lipinski definition) is 1. The molecule has 2 aromatic carbocycles. The minimum Gasteiger partial charge on any atom is -0.449 e. The molecule has 1 aromatic heterocycles. The molecule has 0 saturated carbocycles. The minimum atomic E-state index is -0.686. The summed E-state index contributed by atoms with van der Waals surface area (Å²) in [6.07, 6.45) is 5.17. The Morgan fingerprint density at radius 3 is 2.16 bits per heavy atom. The van der Waals surface area contributed by atoms with Crippen LogP contribution in [0, 0.1) is 0 Å². The summed E-state index contributed by atoms with van der Waals surface area (Å²) in [5, 5.41) is 2.86. The average molecular weight is 510 g/mol. The van der Waals surface area contributed by atoms with Gasteiger partial charge >= 0.3 is 13.2 Å². The Morgan fingerprint density at radius 2 is 1.55 bits per heavy atom. The van der Waals surface area contributed by atoms with Gasteiger partial charge in [0.1, 0.15) is 6.61 Å². The van der Waals surface area contributed by atoms with Crippen molar-refractivity contribution in [3.63, 3.8) is 0 Å². The maximum absolute atomic E-state index is 12.8. The van der Waals surface area contributed by atoms with E-state index in [-0.39, 0.29) is 19.1 Å². The first-order chi connectivity index (χ1) is 18.2. The lowest BCUT2D eigenvalue weighted by Crippen LogP contribution is -2.41. The summed E-state index contributed by atoms with van der Waals surface area (Å²) in [6.45, 7) is 8.24. The smallest absolute Gasteiger partial charge is 0.449 e. The van der Waals surface area contributed by atoms with Crippen LogP contribution >= 0.6 is 0 Å². The van der Waals surface area contributed by atoms with Crippen LogP contribution in [-0.2, 0) is 14.0 Å². The van der Waals surface area contributed by atoms with Crippen molar-refractivity contribution in [2.45, 2.75) is 44.8 Å². The molecule has 38 heavy (non-hydrogen) atoms. The number of nitrogens with one attached hydrogen (secondary N) is 1. The predicted molar refractivity (Wildman–Crippen MR) is 147 cm³/mol. The first-order valence-corrected chi connectivity index (χ1v) is 12.7. The van der Waals surface area contributed by atoms with E-state index in [2.05, 4.69) is 34.6 Å². The number of carbonyl (C=O) groups excluding carboxylic acids is 2. The monoisotopic (exact) mass is 510 g/mol. The average Bonchev–Trinajstić information content (AvgIpc) is 3.34. The van der Waals surface area contributed by atoms with Crippen molar-refractivity contribution in [2.75, 3.05) is 13.2 Å². The molecule has 3 aromatic rings. The summed E-state index contributed by atoms with van der Waals surface area (Å²) in [4.78, 5) is 28.2. The maximum Gasteiger partial charge on any atom is 0.492 e. The van der Waals surface area contributed by atoms with E-state index in [9.17, 15) is 9.59 Å². The molecule has 0 spiro atoms. The third-order valence-electron chi connectivity index (χ3n) is 7.61. The van der Waals surface area contributed by atoms with Gasteiger partial charge in [0.2, 0.25) is 0 Å². The fourth-order valence-electron chi connectivity index (χ4n) is 4.85. The number of hydrogen-bond acceptors (Lipinski definition) is 6. The first kappa shape index (κ1) is 25.9. The molecule has 0 bridgehead atoms. The molecular formula is C30H31BN2O5. The summed E-state index contributed by atoms with van der Waals surface area (Å²) in [5.74, 6) is -0.0246. The van der Waals surface area contributed by atoms with Crippen molar-refractivity contribution in [2.24, 2.45) is 0 Å². The number of aldehydes is 1. The van der Waals surface area contributed by atoms with E-state index >= 15 is 0 Å². The molecule has 5 rings (SSSR count). The highest BCUT2D eigenvalue weighted by molar-refractivity contribution is 6.56. The lowest BCUT2D eigenvalue weighted by molar-refractivity contribution is 0.00578. The van der Waals surface area contributed by atoms with E-state index in [0.717, 1.165) is 17.4 Å². The van der Waals surface area contributed by atoms with Gasteiger partial charge in [-0.1, -0.05) is 54.6 Å². The molecule has 8 heteroatoms. The fourth-order valence-corrected chi connectivity index (χ4v) is 4.85. The van der Waals surface area contributed by atoms with Crippen molar-refractivity contribution in [1.29, 1.82) is 0 Å². The highest BCUT2D eigenvalue weighted by Crippen LogP contribution is 2.44. The van der Waals surface area contributed by atoms with Gasteiger partial charge in [-0.3, -0.25) is 9.78 Å². The molecule has 1 fully saturated rings. The summed E-state index contributed by atoms with van der Waals surface area (Å²) in [5.41, 5.74) is 5.40. The number of aromatic nitrogens is 1. The topological polar surface area (TPSA) is 86.8 Å². The van der Waals surface area contributed by atoms with Crippen LogP contribution in [0.2, 0.25) is 0 Å². The molecule has 2 aliphatic rings. The van der Waals surface area contributed by atoms with E-state index in [1.165, 1.54) is 17.3 Å². The Labute approximate surface area is 223 Å². The van der Waals surface area contributed by atoms with E-state index in [4.69, 9.17) is 14.0 Å². The van der Waals surface area contributed by atoms with Crippen molar-refractivity contribution in [3.8, 4) is 11.1 Å². The fraction of sp³-hybridized carbons (Fsp3) is 0.300. The van der Waals surface area contributed by atoms with Gasteiger partial charge in [-0.2, -0.15) is 0 Å². The zero-order chi connectivity index (χ0) is 26.9. The summed E-state index contributed by atoms with van der Waals surface area (Å²) >= 11 is 0. The lowest BCUT2D eigenvalue weighted by Gasteiger charge is -2.32. The second-order valence-corrected chi connectivity index (χ2v) is 10.7. The highest BCUT2D eigenvalue weighted by Gasteiger charge is 2.52. The molecule has 0 radical (unpaired) electrons. The zero-order valence-corrected chi connectivity index (χ0v) is 22.1. The van der Waals surface area contributed by atoms with Crippen molar-refractivity contribution in [3.05, 3.63) is 94.7 Å². The van der Waals surface area contributed by atoms with Gasteiger partial charge in [0, 0.05) is 30.4 Å². The third-order valence-corrected chi connectivity index (χ3v) is 7.61. The van der Waals surface area contributed by atoms with Gasteiger partial charge in [0.25, 0.3) is 0 Å². The molecule has 1 aliphatic carbocycles. The number of benzene rings is 2. The molecule has 0 atom stereocenters. The largest absolute Gasteiger partial charge is 0.492 e. The van der Waals surface area contributed by atoms with Crippen LogP contribution < -0.4 is 5.32 Å². The molecule has 1 saturated heterocycles. The molecular weight excluding hydrogens is 479 g/mol. The Hall–Kier alpha value is -3.75. The van der Waals surface area contributed by atoms with E-state index < -0.39 is 24.4 Å². The van der Waals surface area contributed by atoms with Crippen LogP contribution in [0.3, 0.4) is 0 Å². The first-order valence-electron chi connectivity index (χ1n) is 12.7. The molecule has 0 unspecified atom stereocenters. The molecule has 1 N–H and O–H groups in total. The number of alkyl carbamates (subject to hydrolysis) is 1. The van der Waals surface area contributed by atoms with Crippen LogP contribution in [0.25, 0.3) is 17.2 Å². The number of amides is 1. The molecule has 7 nitrogen and oxygen atoms in total. The lowest BCUT2D eigenvalue weighted by atomic mass is 9.77. The zero-order valence-electron chi connectivity index (χ0n) is 22.1. The SMILES string of the molecule is CC1(C)OB(C(=Cc2cncc(C=O)c2)CNC(=O)OCC2c3ccccc3-c3ccccc32)OC1(C)C. The van der Waals surface area contributed by atoms with Crippen molar-refractivity contribution < 1.29 is 23.6 Å². The van der Waals surface area contributed by atoms with Crippen LogP contribution in [0.1, 0.15) is 60.7 Å². The standard InChI is InChI=1S/C30H31BN2O5/c1-29(2)30(3,4)38-31(37-29)22(14-20-13-21(18-34)16-32-15-20)17-33-28(35)36-19-27-25-11-7-5-9-23(25)24-10-6-8-12-26(24)27/h5-16,18,27H,17,19H2,1-4H3,(H,33,35). The molecule has 1 amide bonds. The van der Waals surface area contributed by atoms with E-state index in [1.54, 1.807) is 12.3 Å². The normalized spacial score (nSPS) is 17.6. The minimum absolute atomic E-state index is 0.0246. The van der Waals surface area contributed by atoms with Gasteiger partial charge in [0.05, 0.1) is 11.2 Å². The van der Waals surface area contributed by atoms with Gasteiger partial charge in [0.15, 0.2) is 6.29 Å². The van der Waals surface area contributed by atoms with Gasteiger partial charge < -0.3 is 19.4 Å². The summed E-state index contributed by atoms with van der Waals surface area (Å²) in [7, 11) is -0.686. The number of carbonyl (C=O) groups is 2. The Balaban J connectivity index is 1.30. The van der Waals surface area contributed by atoms with Crippen LogP contribution in [-0.4, -0.2) is 48.8 Å². The van der Waals surface area contributed by atoms with E-state index in [0.29, 0.717) is 16.6 Å². The van der Waals surface area contributed by atoms with E-state index in [1.807, 2.05) is 58.0 Å². The maximum atomic E-state index is 12.8. The quantitative estimate of drug-likeness (QED) is 0.336. The molecule has 194 valence electrons. The van der Waals surface area contributed by atoms with Crippen LogP contribution in [0.4, 0.5) is 4.79 Å². The second-order valence-electron chi connectivity index (χ2n) is 10.7. The number of ether oxygens (including phenoxy) is 1. The third kappa shape index (κ3) is 5.02. The number of fused-ring (bicyclic) bond motifs is 3. The van der Waals surface area contributed by atoms with Gasteiger partial charge in [-0.25, -0.2) is 4.79 Å². The van der Waals surface area contributed by atoms with Crippen LogP contribution in [0.15, 0.2) is 72.5 Å². The van der Waals surface area contributed by atoms with Crippen molar-refractivity contribution >= 4 is 25.6 Å². The number of pyridine rings is 1.